The number of rotatable bonds is 4. The van der Waals surface area contributed by atoms with Gasteiger partial charge in [0.15, 0.2) is 6.17 Å². The first-order valence-corrected chi connectivity index (χ1v) is 12.9. The number of primary sulfonamides is 1. The SMILES string of the molecule is NC1=c2ccoc2=NC(c2cccc(S(N)(=O)=O)c2)N1c1ccc(-c2ccc(C(F)(F)F)cc2C(F)(F)F)cc1. The third-order valence-corrected chi connectivity index (χ3v) is 7.17. The van der Waals surface area contributed by atoms with E-state index in [9.17, 15) is 34.8 Å². The van der Waals surface area contributed by atoms with Crippen molar-refractivity contribution in [1.82, 2.24) is 0 Å². The van der Waals surface area contributed by atoms with E-state index in [0.29, 0.717) is 22.5 Å². The highest BCUT2D eigenvalue weighted by Crippen LogP contribution is 2.42. The van der Waals surface area contributed by atoms with Gasteiger partial charge in [-0.05, 0) is 59.2 Å². The van der Waals surface area contributed by atoms with Crippen molar-refractivity contribution in [1.29, 1.82) is 0 Å². The molecule has 1 aliphatic rings. The van der Waals surface area contributed by atoms with Crippen molar-refractivity contribution >= 4 is 21.5 Å². The van der Waals surface area contributed by atoms with Crippen molar-refractivity contribution < 1.29 is 39.2 Å². The van der Waals surface area contributed by atoms with E-state index in [-0.39, 0.29) is 27.9 Å². The number of anilines is 1. The smallest absolute Gasteiger partial charge is 0.417 e. The quantitative estimate of drug-likeness (QED) is 0.345. The molecule has 0 spiro atoms. The molecule has 2 heterocycles. The molecule has 0 bridgehead atoms. The van der Waals surface area contributed by atoms with Crippen LogP contribution in [0.1, 0.15) is 22.9 Å². The molecule has 40 heavy (non-hydrogen) atoms. The van der Waals surface area contributed by atoms with Gasteiger partial charge in [-0.2, -0.15) is 26.3 Å². The summed E-state index contributed by atoms with van der Waals surface area (Å²) in [4.78, 5) is 5.87. The zero-order valence-electron chi connectivity index (χ0n) is 20.0. The van der Waals surface area contributed by atoms with Gasteiger partial charge in [0.1, 0.15) is 5.82 Å². The van der Waals surface area contributed by atoms with Crippen LogP contribution in [0.2, 0.25) is 0 Å². The second kappa shape index (κ2) is 9.41. The van der Waals surface area contributed by atoms with Gasteiger partial charge in [0.05, 0.1) is 27.5 Å². The standard InChI is InChI=1S/C26H18F6N4O3S/c27-25(28,29)16-6-9-19(21(13-16)26(30,31)32)14-4-7-17(8-5-14)36-22(33)20-10-11-39-24(20)35-23(36)15-2-1-3-18(12-15)40(34,37)38/h1-13,23H,33H2,(H2,34,37,38). The van der Waals surface area contributed by atoms with E-state index in [4.69, 9.17) is 15.3 Å². The summed E-state index contributed by atoms with van der Waals surface area (Å²) in [6.07, 6.45) is -9.59. The Morgan fingerprint density at radius 1 is 0.875 bits per heavy atom. The second-order valence-electron chi connectivity index (χ2n) is 8.82. The van der Waals surface area contributed by atoms with Crippen LogP contribution in [0, 0.1) is 0 Å². The number of fused-ring (bicyclic) bond motifs is 1. The molecule has 0 radical (unpaired) electrons. The molecule has 5 rings (SSSR count). The van der Waals surface area contributed by atoms with Crippen LogP contribution in [-0.2, 0) is 22.4 Å². The molecule has 1 unspecified atom stereocenters. The third-order valence-electron chi connectivity index (χ3n) is 6.26. The van der Waals surface area contributed by atoms with E-state index in [1.165, 1.54) is 53.6 Å². The van der Waals surface area contributed by atoms with Gasteiger partial charge in [0.25, 0.3) is 0 Å². The van der Waals surface area contributed by atoms with Crippen LogP contribution in [0.5, 0.6) is 0 Å². The number of furan rings is 1. The topological polar surface area (TPSA) is 115 Å². The minimum absolute atomic E-state index is 0.00842. The Labute approximate surface area is 222 Å². The van der Waals surface area contributed by atoms with Crippen LogP contribution in [-0.4, -0.2) is 8.42 Å². The van der Waals surface area contributed by atoms with Crippen LogP contribution < -0.4 is 26.5 Å². The number of nitrogens with two attached hydrogens (primary N) is 2. The number of nitrogens with zero attached hydrogens (tertiary/aromatic N) is 2. The largest absolute Gasteiger partial charge is 0.446 e. The van der Waals surface area contributed by atoms with E-state index in [2.05, 4.69) is 4.99 Å². The maximum absolute atomic E-state index is 13.7. The minimum atomic E-state index is -5.05. The monoisotopic (exact) mass is 580 g/mol. The van der Waals surface area contributed by atoms with Crippen LogP contribution in [0.4, 0.5) is 32.0 Å². The zero-order valence-corrected chi connectivity index (χ0v) is 20.8. The first-order chi connectivity index (χ1) is 18.6. The van der Waals surface area contributed by atoms with Gasteiger partial charge in [-0.1, -0.05) is 30.3 Å². The minimum Gasteiger partial charge on any atom is -0.446 e. The summed E-state index contributed by atoms with van der Waals surface area (Å²) in [6.45, 7) is 0. The molecule has 0 aliphatic carbocycles. The molecule has 7 nitrogen and oxygen atoms in total. The highest BCUT2D eigenvalue weighted by atomic mass is 32.2. The van der Waals surface area contributed by atoms with Gasteiger partial charge in [-0.25, -0.2) is 18.5 Å². The molecule has 1 atom stereocenters. The van der Waals surface area contributed by atoms with Crippen molar-refractivity contribution in [2.75, 3.05) is 4.90 Å². The Balaban J connectivity index is 1.61. The average molecular weight is 581 g/mol. The van der Waals surface area contributed by atoms with Crippen LogP contribution in [0.25, 0.3) is 16.9 Å². The van der Waals surface area contributed by atoms with E-state index in [1.54, 1.807) is 12.1 Å². The van der Waals surface area contributed by atoms with E-state index in [0.717, 1.165) is 6.07 Å². The fraction of sp³-hybridized carbons (Fsp3) is 0.115. The molecule has 1 aromatic heterocycles. The second-order valence-corrected chi connectivity index (χ2v) is 10.4. The van der Waals surface area contributed by atoms with Crippen molar-refractivity contribution in [3.05, 3.63) is 107 Å². The number of hydrogen-bond acceptors (Lipinski definition) is 6. The van der Waals surface area contributed by atoms with Crippen LogP contribution >= 0.6 is 0 Å². The molecule has 0 amide bonds. The molecule has 3 aromatic carbocycles. The molecular weight excluding hydrogens is 562 g/mol. The first kappa shape index (κ1) is 27.3. The third kappa shape index (κ3) is 5.02. The number of hydrogen-bond donors (Lipinski definition) is 2. The Morgan fingerprint density at radius 3 is 2.20 bits per heavy atom. The summed E-state index contributed by atoms with van der Waals surface area (Å²) in [5.41, 5.74) is 4.03. The lowest BCUT2D eigenvalue weighted by atomic mass is 9.96. The molecule has 0 saturated heterocycles. The summed E-state index contributed by atoms with van der Waals surface area (Å²) >= 11 is 0. The summed E-state index contributed by atoms with van der Waals surface area (Å²) in [7, 11) is -4.06. The average Bonchev–Trinajstić information content (AvgIpc) is 3.36. The molecule has 0 saturated carbocycles. The summed E-state index contributed by atoms with van der Waals surface area (Å²) in [5, 5.41) is 5.69. The Bertz CT molecular complexity index is 1830. The van der Waals surface area contributed by atoms with Gasteiger partial charge in [-0.15, -0.1) is 0 Å². The summed E-state index contributed by atoms with van der Waals surface area (Å²) < 4.78 is 110. The number of halogens is 6. The van der Waals surface area contributed by atoms with E-state index >= 15 is 0 Å². The van der Waals surface area contributed by atoms with Crippen LogP contribution in [0.15, 0.2) is 93.4 Å². The molecule has 14 heteroatoms. The van der Waals surface area contributed by atoms with Gasteiger partial charge in [0.2, 0.25) is 15.6 Å². The molecule has 208 valence electrons. The van der Waals surface area contributed by atoms with Crippen molar-refractivity contribution in [2.24, 2.45) is 15.9 Å². The van der Waals surface area contributed by atoms with Crippen molar-refractivity contribution in [3.63, 3.8) is 0 Å². The lowest BCUT2D eigenvalue weighted by Crippen LogP contribution is -2.43. The number of alkyl halides is 6. The summed E-state index contributed by atoms with van der Waals surface area (Å²) in [5.74, 6) is 0.156. The Kier molecular flexibility index (Phi) is 6.42. The van der Waals surface area contributed by atoms with Gasteiger partial charge in [-0.3, -0.25) is 0 Å². The molecule has 4 N–H and O–H groups in total. The van der Waals surface area contributed by atoms with E-state index < -0.39 is 45.2 Å². The zero-order chi connectivity index (χ0) is 29.0. The fourth-order valence-electron chi connectivity index (χ4n) is 4.39. The van der Waals surface area contributed by atoms with Gasteiger partial charge >= 0.3 is 12.4 Å². The molecule has 4 aromatic rings. The molecule has 0 fully saturated rings. The number of benzene rings is 3. The normalized spacial score (nSPS) is 16.0. The Morgan fingerprint density at radius 2 is 1.57 bits per heavy atom. The van der Waals surface area contributed by atoms with Gasteiger partial charge < -0.3 is 15.1 Å². The predicted octanol–water partition coefficient (Wildman–Crippen LogP) is 4.49. The molecular formula is C26H18F6N4O3S. The van der Waals surface area contributed by atoms with Crippen molar-refractivity contribution in [3.8, 4) is 11.1 Å². The van der Waals surface area contributed by atoms with Gasteiger partial charge in [0, 0.05) is 5.69 Å². The first-order valence-electron chi connectivity index (χ1n) is 11.4. The molecule has 1 aliphatic heterocycles. The highest BCUT2D eigenvalue weighted by molar-refractivity contribution is 7.89. The van der Waals surface area contributed by atoms with Crippen molar-refractivity contribution in [2.45, 2.75) is 23.4 Å². The summed E-state index contributed by atoms with van der Waals surface area (Å²) in [6, 6.07) is 14.1. The van der Waals surface area contributed by atoms with E-state index in [1.807, 2.05) is 0 Å². The highest BCUT2D eigenvalue weighted by Gasteiger charge is 2.38. The lowest BCUT2D eigenvalue weighted by molar-refractivity contribution is -0.142. The maximum Gasteiger partial charge on any atom is 0.417 e. The predicted molar refractivity (Wildman–Crippen MR) is 132 cm³/mol. The lowest BCUT2D eigenvalue weighted by Gasteiger charge is -2.33. The fourth-order valence-corrected chi connectivity index (χ4v) is 4.96. The van der Waals surface area contributed by atoms with Crippen LogP contribution in [0.3, 0.4) is 0 Å². The Hall–Kier alpha value is -4.30. The maximum atomic E-state index is 13.7. The number of sulfonamides is 1.